The maximum atomic E-state index is 14.0. The molecule has 0 amide bonds. The molecule has 0 saturated heterocycles. The Morgan fingerprint density at radius 2 is 1.96 bits per heavy atom. The van der Waals surface area contributed by atoms with E-state index in [9.17, 15) is 4.39 Å². The molecule has 0 atom stereocenters. The number of halogens is 1. The van der Waals surface area contributed by atoms with Gasteiger partial charge in [0.1, 0.15) is 17.0 Å². The summed E-state index contributed by atoms with van der Waals surface area (Å²) in [5, 5.41) is 0.803. The first-order valence-corrected chi connectivity index (χ1v) is 8.37. The Bertz CT molecular complexity index is 853. The van der Waals surface area contributed by atoms with E-state index in [0.29, 0.717) is 23.4 Å². The normalized spacial score (nSPS) is 21.2. The molecule has 1 fully saturated rings. The van der Waals surface area contributed by atoms with Gasteiger partial charge in [-0.15, -0.1) is 0 Å². The molecule has 4 nitrogen and oxygen atoms in total. The van der Waals surface area contributed by atoms with Crippen LogP contribution in [0.2, 0.25) is 0 Å². The number of fused-ring (bicyclic) bond motifs is 1. The Hall–Kier alpha value is -2.27. The van der Waals surface area contributed by atoms with Crippen LogP contribution in [0.15, 0.2) is 42.7 Å². The van der Waals surface area contributed by atoms with Crippen molar-refractivity contribution in [3.63, 3.8) is 0 Å². The lowest BCUT2D eigenvalue weighted by atomic mass is 9.92. The molecule has 5 heteroatoms. The fourth-order valence-corrected chi connectivity index (χ4v) is 3.60. The number of hydrogen-bond donors (Lipinski definition) is 0. The average molecular weight is 325 g/mol. The van der Waals surface area contributed by atoms with Crippen LogP contribution in [-0.2, 0) is 4.74 Å². The topological polar surface area (TPSA) is 39.9 Å². The smallest absolute Gasteiger partial charge is 0.158 e. The van der Waals surface area contributed by atoms with Crippen LogP contribution in [0.3, 0.4) is 0 Å². The molecule has 2 aromatic heterocycles. The summed E-state index contributed by atoms with van der Waals surface area (Å²) in [5.41, 5.74) is 1.11. The van der Waals surface area contributed by atoms with Gasteiger partial charge >= 0.3 is 0 Å². The highest BCUT2D eigenvalue weighted by Crippen LogP contribution is 2.33. The second kappa shape index (κ2) is 6.32. The molecule has 124 valence electrons. The van der Waals surface area contributed by atoms with Crippen LogP contribution in [0.5, 0.6) is 0 Å². The quantitative estimate of drug-likeness (QED) is 0.718. The summed E-state index contributed by atoms with van der Waals surface area (Å²) in [7, 11) is 1.78. The van der Waals surface area contributed by atoms with Gasteiger partial charge in [0, 0.05) is 30.9 Å². The van der Waals surface area contributed by atoms with Crippen molar-refractivity contribution in [2.45, 2.75) is 37.8 Å². The van der Waals surface area contributed by atoms with E-state index in [1.54, 1.807) is 19.4 Å². The molecule has 0 N–H and O–H groups in total. The van der Waals surface area contributed by atoms with Crippen LogP contribution in [0.1, 0.15) is 31.7 Å². The molecule has 0 unspecified atom stereocenters. The van der Waals surface area contributed by atoms with Crippen LogP contribution in [-0.4, -0.2) is 27.7 Å². The summed E-state index contributed by atoms with van der Waals surface area (Å²) < 4.78 is 21.7. The second-order valence-electron chi connectivity index (χ2n) is 6.33. The highest BCUT2D eigenvalue weighted by molar-refractivity contribution is 5.81. The number of rotatable bonds is 3. The van der Waals surface area contributed by atoms with Crippen molar-refractivity contribution in [3.8, 4) is 11.5 Å². The maximum Gasteiger partial charge on any atom is 0.158 e. The molecule has 1 aromatic carbocycles. The van der Waals surface area contributed by atoms with E-state index in [1.807, 2.05) is 24.4 Å². The number of para-hydroxylation sites is 1. The fourth-order valence-electron chi connectivity index (χ4n) is 3.60. The van der Waals surface area contributed by atoms with Crippen molar-refractivity contribution < 1.29 is 9.13 Å². The third-order valence-electron chi connectivity index (χ3n) is 4.94. The van der Waals surface area contributed by atoms with E-state index in [-0.39, 0.29) is 5.82 Å². The number of aromatic nitrogens is 3. The SMILES string of the molecule is COC1CCC(n2ccnc2-c2ccc3cccc(F)c3n2)CC1. The number of imidazole rings is 1. The predicted molar refractivity (Wildman–Crippen MR) is 91.2 cm³/mol. The Morgan fingerprint density at radius 3 is 2.75 bits per heavy atom. The van der Waals surface area contributed by atoms with Gasteiger partial charge in [-0.05, 0) is 37.8 Å². The number of pyridine rings is 1. The Morgan fingerprint density at radius 1 is 1.12 bits per heavy atom. The monoisotopic (exact) mass is 325 g/mol. The van der Waals surface area contributed by atoms with Gasteiger partial charge in [0.05, 0.1) is 6.10 Å². The van der Waals surface area contributed by atoms with E-state index >= 15 is 0 Å². The minimum atomic E-state index is -0.298. The van der Waals surface area contributed by atoms with Gasteiger partial charge in [-0.25, -0.2) is 14.4 Å². The van der Waals surface area contributed by atoms with E-state index in [2.05, 4.69) is 14.5 Å². The van der Waals surface area contributed by atoms with Gasteiger partial charge in [-0.3, -0.25) is 0 Å². The summed E-state index contributed by atoms with van der Waals surface area (Å²) in [6.07, 6.45) is 8.39. The molecule has 4 rings (SSSR count). The van der Waals surface area contributed by atoms with Crippen molar-refractivity contribution in [1.29, 1.82) is 0 Å². The highest BCUT2D eigenvalue weighted by Gasteiger charge is 2.24. The minimum absolute atomic E-state index is 0.298. The zero-order valence-electron chi connectivity index (χ0n) is 13.7. The molecule has 0 bridgehead atoms. The summed E-state index contributed by atoms with van der Waals surface area (Å²) in [4.78, 5) is 9.00. The molecule has 0 aliphatic heterocycles. The van der Waals surface area contributed by atoms with Crippen LogP contribution in [0.25, 0.3) is 22.4 Å². The number of benzene rings is 1. The number of ether oxygens (including phenoxy) is 1. The molecule has 1 aliphatic rings. The van der Waals surface area contributed by atoms with E-state index in [0.717, 1.165) is 36.9 Å². The fraction of sp³-hybridized carbons (Fsp3) is 0.368. The molecular formula is C19H20FN3O. The zero-order chi connectivity index (χ0) is 16.5. The van der Waals surface area contributed by atoms with E-state index < -0.39 is 0 Å². The molecule has 1 saturated carbocycles. The molecule has 2 heterocycles. The second-order valence-corrected chi connectivity index (χ2v) is 6.33. The summed E-state index contributed by atoms with van der Waals surface area (Å²) >= 11 is 0. The molecule has 24 heavy (non-hydrogen) atoms. The molecule has 1 aliphatic carbocycles. The Kier molecular flexibility index (Phi) is 4.02. The van der Waals surface area contributed by atoms with Crippen molar-refractivity contribution in [3.05, 3.63) is 48.5 Å². The first-order chi connectivity index (χ1) is 11.8. The first-order valence-electron chi connectivity index (χ1n) is 8.37. The van der Waals surface area contributed by atoms with Gasteiger partial charge in [0.25, 0.3) is 0 Å². The number of nitrogens with zero attached hydrogens (tertiary/aromatic N) is 3. The third kappa shape index (κ3) is 2.69. The molecule has 3 aromatic rings. The first kappa shape index (κ1) is 15.3. The molecular weight excluding hydrogens is 305 g/mol. The van der Waals surface area contributed by atoms with Crippen molar-refractivity contribution in [2.24, 2.45) is 0 Å². The predicted octanol–water partition coefficient (Wildman–Crippen LogP) is 4.37. The van der Waals surface area contributed by atoms with Crippen LogP contribution < -0.4 is 0 Å². The van der Waals surface area contributed by atoms with E-state index in [1.165, 1.54) is 6.07 Å². The lowest BCUT2D eigenvalue weighted by Crippen LogP contribution is -2.22. The van der Waals surface area contributed by atoms with Gasteiger partial charge in [-0.2, -0.15) is 0 Å². The summed E-state index contributed by atoms with van der Waals surface area (Å²) in [6, 6.07) is 9.23. The van der Waals surface area contributed by atoms with Gasteiger partial charge in [0.2, 0.25) is 0 Å². The third-order valence-corrected chi connectivity index (χ3v) is 4.94. The van der Waals surface area contributed by atoms with Crippen molar-refractivity contribution in [1.82, 2.24) is 14.5 Å². The van der Waals surface area contributed by atoms with Crippen molar-refractivity contribution >= 4 is 10.9 Å². The number of methoxy groups -OCH3 is 1. The van der Waals surface area contributed by atoms with Crippen LogP contribution >= 0.6 is 0 Å². The maximum absolute atomic E-state index is 14.0. The largest absolute Gasteiger partial charge is 0.381 e. The average Bonchev–Trinajstić information content (AvgIpc) is 3.12. The minimum Gasteiger partial charge on any atom is -0.381 e. The Labute approximate surface area is 140 Å². The lowest BCUT2D eigenvalue weighted by molar-refractivity contribution is 0.0586. The highest BCUT2D eigenvalue weighted by atomic mass is 19.1. The van der Waals surface area contributed by atoms with Crippen molar-refractivity contribution in [2.75, 3.05) is 7.11 Å². The molecule has 0 radical (unpaired) electrons. The van der Waals surface area contributed by atoms with Gasteiger partial charge in [-0.1, -0.05) is 18.2 Å². The lowest BCUT2D eigenvalue weighted by Gasteiger charge is -2.29. The summed E-state index contributed by atoms with van der Waals surface area (Å²) in [5.74, 6) is 0.508. The van der Waals surface area contributed by atoms with E-state index in [4.69, 9.17) is 4.74 Å². The van der Waals surface area contributed by atoms with Gasteiger partial charge in [0.15, 0.2) is 5.82 Å². The summed E-state index contributed by atoms with van der Waals surface area (Å²) in [6.45, 7) is 0. The standard InChI is InChI=1S/C19H20FN3O/c1-24-15-8-6-14(7-9-15)23-12-11-21-19(23)17-10-5-13-3-2-4-16(20)18(13)22-17/h2-5,10-12,14-15H,6-9H2,1H3. The van der Waals surface area contributed by atoms with Crippen LogP contribution in [0.4, 0.5) is 4.39 Å². The zero-order valence-corrected chi connectivity index (χ0v) is 13.7. The Balaban J connectivity index is 1.69. The van der Waals surface area contributed by atoms with Gasteiger partial charge < -0.3 is 9.30 Å². The molecule has 0 spiro atoms. The van der Waals surface area contributed by atoms with Crippen LogP contribution in [0, 0.1) is 5.82 Å². The number of hydrogen-bond acceptors (Lipinski definition) is 3.